The molecule has 23 heavy (non-hydrogen) atoms. The van der Waals surface area contributed by atoms with E-state index < -0.39 is 6.10 Å². The van der Waals surface area contributed by atoms with Crippen LogP contribution in [-0.4, -0.2) is 10.1 Å². The van der Waals surface area contributed by atoms with Gasteiger partial charge in [-0.15, -0.1) is 0 Å². The lowest BCUT2D eigenvalue weighted by atomic mass is 10.1. The number of hydrogen-bond acceptors (Lipinski definition) is 3. The van der Waals surface area contributed by atoms with Crippen LogP contribution in [0, 0.1) is 0 Å². The third-order valence-electron chi connectivity index (χ3n) is 4.13. The normalized spacial score (nSPS) is 12.7. The summed E-state index contributed by atoms with van der Waals surface area (Å²) in [4.78, 5) is 4.54. The van der Waals surface area contributed by atoms with Crippen molar-refractivity contribution >= 4 is 21.9 Å². The summed E-state index contributed by atoms with van der Waals surface area (Å²) in [5.74, 6) is 0.396. The Morgan fingerprint density at radius 2 is 1.70 bits per heavy atom. The van der Waals surface area contributed by atoms with Crippen LogP contribution < -0.4 is 0 Å². The summed E-state index contributed by atoms with van der Waals surface area (Å²) < 4.78 is 5.77. The maximum atomic E-state index is 10.4. The first-order valence-electron chi connectivity index (χ1n) is 7.81. The summed E-state index contributed by atoms with van der Waals surface area (Å²) in [5.41, 5.74) is 2.74. The van der Waals surface area contributed by atoms with E-state index in [1.54, 1.807) is 0 Å². The zero-order valence-electron chi connectivity index (χ0n) is 12.6. The van der Waals surface area contributed by atoms with Crippen LogP contribution in [0.1, 0.15) is 24.0 Å². The standard InChI is InChI=1S/C20H17NO2/c22-17(12-10-14-6-2-1-3-7-14)20-21-19-16-9-5-4-8-15(16)11-13-18(19)23-20/h1-9,11,13,17,22H,10,12H2/t17-/m0/s1. The highest BCUT2D eigenvalue weighted by atomic mass is 16.4. The molecule has 1 atom stereocenters. The number of aliphatic hydroxyl groups excluding tert-OH is 1. The van der Waals surface area contributed by atoms with Crippen molar-refractivity contribution in [2.75, 3.05) is 0 Å². The summed E-state index contributed by atoms with van der Waals surface area (Å²) in [6, 6.07) is 22.1. The Balaban J connectivity index is 1.62. The van der Waals surface area contributed by atoms with Crippen LogP contribution in [-0.2, 0) is 6.42 Å². The van der Waals surface area contributed by atoms with Crippen LogP contribution in [0.3, 0.4) is 0 Å². The Kier molecular flexibility index (Phi) is 3.56. The van der Waals surface area contributed by atoms with E-state index in [1.807, 2.05) is 48.5 Å². The SMILES string of the molecule is O[C@@H](CCc1ccccc1)c1nc2c(ccc3ccccc32)o1. The smallest absolute Gasteiger partial charge is 0.224 e. The van der Waals surface area contributed by atoms with E-state index >= 15 is 0 Å². The lowest BCUT2D eigenvalue weighted by molar-refractivity contribution is 0.137. The second-order valence-electron chi connectivity index (χ2n) is 5.73. The second kappa shape index (κ2) is 5.86. The largest absolute Gasteiger partial charge is 0.438 e. The van der Waals surface area contributed by atoms with Gasteiger partial charge in [-0.1, -0.05) is 60.7 Å². The molecule has 3 heteroatoms. The minimum atomic E-state index is -0.693. The van der Waals surface area contributed by atoms with Gasteiger partial charge in [-0.05, 0) is 29.9 Å². The van der Waals surface area contributed by atoms with Crippen LogP contribution in [0.5, 0.6) is 0 Å². The molecule has 4 rings (SSSR count). The first-order chi connectivity index (χ1) is 11.3. The van der Waals surface area contributed by atoms with E-state index in [1.165, 1.54) is 5.56 Å². The summed E-state index contributed by atoms with van der Waals surface area (Å²) in [6.07, 6.45) is 0.692. The number of fused-ring (bicyclic) bond motifs is 3. The van der Waals surface area contributed by atoms with Crippen molar-refractivity contribution < 1.29 is 9.52 Å². The van der Waals surface area contributed by atoms with Gasteiger partial charge in [0.2, 0.25) is 5.89 Å². The summed E-state index contributed by atoms with van der Waals surface area (Å²) >= 11 is 0. The summed E-state index contributed by atoms with van der Waals surface area (Å²) in [6.45, 7) is 0. The monoisotopic (exact) mass is 303 g/mol. The number of hydrogen-bond donors (Lipinski definition) is 1. The van der Waals surface area contributed by atoms with E-state index in [2.05, 4.69) is 23.2 Å². The van der Waals surface area contributed by atoms with Crippen LogP contribution in [0.25, 0.3) is 21.9 Å². The van der Waals surface area contributed by atoms with E-state index in [0.29, 0.717) is 12.3 Å². The average Bonchev–Trinajstić information content (AvgIpc) is 3.05. The minimum absolute atomic E-state index is 0.396. The number of benzene rings is 3. The lowest BCUT2D eigenvalue weighted by Gasteiger charge is -2.06. The van der Waals surface area contributed by atoms with Gasteiger partial charge in [0.05, 0.1) is 0 Å². The highest BCUT2D eigenvalue weighted by Crippen LogP contribution is 2.28. The Morgan fingerprint density at radius 3 is 2.57 bits per heavy atom. The molecule has 0 spiro atoms. The van der Waals surface area contributed by atoms with Crippen LogP contribution in [0.2, 0.25) is 0 Å². The number of oxazole rings is 1. The van der Waals surface area contributed by atoms with Gasteiger partial charge in [-0.2, -0.15) is 0 Å². The van der Waals surface area contributed by atoms with Gasteiger partial charge in [-0.25, -0.2) is 4.98 Å². The van der Waals surface area contributed by atoms with Gasteiger partial charge in [0.15, 0.2) is 5.58 Å². The molecule has 0 amide bonds. The second-order valence-corrected chi connectivity index (χ2v) is 5.73. The molecule has 0 aliphatic heterocycles. The predicted molar refractivity (Wildman–Crippen MR) is 91.2 cm³/mol. The molecule has 3 nitrogen and oxygen atoms in total. The number of aromatic nitrogens is 1. The molecule has 1 aromatic heterocycles. The number of rotatable bonds is 4. The van der Waals surface area contributed by atoms with E-state index in [9.17, 15) is 5.11 Å². The highest BCUT2D eigenvalue weighted by molar-refractivity contribution is 6.03. The number of aliphatic hydroxyl groups is 1. The van der Waals surface area contributed by atoms with Gasteiger partial charge in [0, 0.05) is 5.39 Å². The Bertz CT molecular complexity index is 944. The van der Waals surface area contributed by atoms with Crippen molar-refractivity contribution in [2.45, 2.75) is 18.9 Å². The van der Waals surface area contributed by atoms with Crippen molar-refractivity contribution in [1.29, 1.82) is 0 Å². The van der Waals surface area contributed by atoms with E-state index in [-0.39, 0.29) is 0 Å². The Labute approximate surface area is 134 Å². The molecular formula is C20H17NO2. The zero-order chi connectivity index (χ0) is 15.6. The van der Waals surface area contributed by atoms with Gasteiger partial charge in [0.25, 0.3) is 0 Å². The zero-order valence-corrected chi connectivity index (χ0v) is 12.6. The fourth-order valence-electron chi connectivity index (χ4n) is 2.89. The highest BCUT2D eigenvalue weighted by Gasteiger charge is 2.16. The molecule has 4 aromatic rings. The molecule has 0 bridgehead atoms. The molecule has 0 saturated heterocycles. The molecular weight excluding hydrogens is 286 g/mol. The van der Waals surface area contributed by atoms with Gasteiger partial charge >= 0.3 is 0 Å². The number of nitrogens with zero attached hydrogens (tertiary/aromatic N) is 1. The molecule has 0 saturated carbocycles. The summed E-state index contributed by atoms with van der Waals surface area (Å²) in [5, 5.41) is 12.6. The maximum absolute atomic E-state index is 10.4. The predicted octanol–water partition coefficient (Wildman–Crippen LogP) is 4.65. The minimum Gasteiger partial charge on any atom is -0.438 e. The maximum Gasteiger partial charge on any atom is 0.224 e. The quantitative estimate of drug-likeness (QED) is 0.597. The molecule has 0 radical (unpaired) electrons. The topological polar surface area (TPSA) is 46.3 Å². The van der Waals surface area contributed by atoms with Crippen LogP contribution >= 0.6 is 0 Å². The molecule has 114 valence electrons. The fraction of sp³-hybridized carbons (Fsp3) is 0.150. The van der Waals surface area contributed by atoms with E-state index in [0.717, 1.165) is 28.3 Å². The third kappa shape index (κ3) is 2.71. The molecule has 0 fully saturated rings. The molecule has 3 aromatic carbocycles. The average molecular weight is 303 g/mol. The Hall–Kier alpha value is -2.65. The lowest BCUT2D eigenvalue weighted by Crippen LogP contribution is -1.99. The van der Waals surface area contributed by atoms with Gasteiger partial charge in [-0.3, -0.25) is 0 Å². The van der Waals surface area contributed by atoms with Crippen LogP contribution in [0.15, 0.2) is 71.1 Å². The number of aryl methyl sites for hydroxylation is 1. The molecule has 0 unspecified atom stereocenters. The van der Waals surface area contributed by atoms with Crippen molar-refractivity contribution in [3.05, 3.63) is 78.2 Å². The molecule has 0 aliphatic rings. The van der Waals surface area contributed by atoms with Crippen molar-refractivity contribution in [3.8, 4) is 0 Å². The first kappa shape index (κ1) is 14.0. The van der Waals surface area contributed by atoms with Crippen molar-refractivity contribution in [1.82, 2.24) is 4.98 Å². The summed E-state index contributed by atoms with van der Waals surface area (Å²) in [7, 11) is 0. The molecule has 1 N–H and O–H groups in total. The molecule has 0 aliphatic carbocycles. The van der Waals surface area contributed by atoms with Crippen molar-refractivity contribution in [3.63, 3.8) is 0 Å². The Morgan fingerprint density at radius 1 is 0.913 bits per heavy atom. The van der Waals surface area contributed by atoms with Crippen molar-refractivity contribution in [2.24, 2.45) is 0 Å². The fourth-order valence-corrected chi connectivity index (χ4v) is 2.89. The van der Waals surface area contributed by atoms with Gasteiger partial charge in [0.1, 0.15) is 11.6 Å². The first-order valence-corrected chi connectivity index (χ1v) is 7.81. The van der Waals surface area contributed by atoms with Gasteiger partial charge < -0.3 is 9.52 Å². The van der Waals surface area contributed by atoms with E-state index in [4.69, 9.17) is 4.42 Å². The van der Waals surface area contributed by atoms with Crippen LogP contribution in [0.4, 0.5) is 0 Å². The third-order valence-corrected chi connectivity index (χ3v) is 4.13. The molecule has 1 heterocycles.